The van der Waals surface area contributed by atoms with Crippen molar-refractivity contribution < 1.29 is 14.8 Å². The van der Waals surface area contributed by atoms with Crippen LogP contribution in [0.1, 0.15) is 45.7 Å². The zero-order valence-electron chi connectivity index (χ0n) is 13.1. The van der Waals surface area contributed by atoms with Crippen molar-refractivity contribution in [3.63, 3.8) is 0 Å². The molecule has 3 rings (SSSR count). The topological polar surface area (TPSA) is 60.9 Å². The van der Waals surface area contributed by atoms with Crippen molar-refractivity contribution in [2.45, 2.75) is 13.8 Å². The van der Waals surface area contributed by atoms with E-state index in [0.717, 1.165) is 5.17 Å². The van der Waals surface area contributed by atoms with Crippen LogP contribution in [0.4, 0.5) is 5.69 Å². The van der Waals surface area contributed by atoms with Gasteiger partial charge in [0.2, 0.25) is 0 Å². The Labute approximate surface area is 134 Å². The zero-order valence-corrected chi connectivity index (χ0v) is 13.1. The minimum Gasteiger partial charge on any atom is -0.294 e. The fourth-order valence-electron chi connectivity index (χ4n) is 2.97. The third-order valence-corrected chi connectivity index (χ3v) is 4.07. The van der Waals surface area contributed by atoms with E-state index in [-0.39, 0.29) is 11.6 Å². The number of hydrazine groups is 1. The summed E-state index contributed by atoms with van der Waals surface area (Å²) in [6, 6.07) is 12.0. The van der Waals surface area contributed by atoms with Crippen molar-refractivity contribution >= 4 is 17.3 Å². The van der Waals surface area contributed by atoms with Gasteiger partial charge < -0.3 is 0 Å². The number of hydrogen-bond acceptors (Lipinski definition) is 5. The SMILES string of the molecule is CCN(O)N(CC)c1cccc2c1C(=O)c1ccccc1C2=O. The first-order chi connectivity index (χ1) is 11.1. The van der Waals surface area contributed by atoms with E-state index in [0.29, 0.717) is 41.0 Å². The third-order valence-electron chi connectivity index (χ3n) is 4.07. The molecule has 5 nitrogen and oxygen atoms in total. The van der Waals surface area contributed by atoms with Crippen LogP contribution in [0.15, 0.2) is 42.5 Å². The molecule has 0 fully saturated rings. The number of carbonyl (C=O) groups excluding carboxylic acids is 2. The Morgan fingerprint density at radius 2 is 1.43 bits per heavy atom. The van der Waals surface area contributed by atoms with E-state index in [1.807, 2.05) is 6.92 Å². The molecular weight excluding hydrogens is 292 g/mol. The van der Waals surface area contributed by atoms with Gasteiger partial charge >= 0.3 is 0 Å². The minimum atomic E-state index is -0.186. The first-order valence-corrected chi connectivity index (χ1v) is 7.65. The van der Waals surface area contributed by atoms with E-state index in [1.54, 1.807) is 54.4 Å². The lowest BCUT2D eigenvalue weighted by molar-refractivity contribution is -0.0968. The molecule has 1 aliphatic carbocycles. The van der Waals surface area contributed by atoms with E-state index >= 15 is 0 Å². The van der Waals surface area contributed by atoms with Crippen molar-refractivity contribution in [2.75, 3.05) is 18.1 Å². The molecule has 118 valence electrons. The largest absolute Gasteiger partial charge is 0.294 e. The standard InChI is InChI=1S/C18H18N2O3/c1-3-19(20(23)4-2)15-11-7-10-14-16(15)18(22)13-9-6-5-8-12(13)17(14)21/h5-11,23H,3-4H2,1-2H3. The Morgan fingerprint density at radius 1 is 0.826 bits per heavy atom. The normalized spacial score (nSPS) is 13.0. The third kappa shape index (κ3) is 2.34. The Bertz CT molecular complexity index is 786. The quantitative estimate of drug-likeness (QED) is 0.751. The monoisotopic (exact) mass is 310 g/mol. The highest BCUT2D eigenvalue weighted by molar-refractivity contribution is 6.30. The summed E-state index contributed by atoms with van der Waals surface area (Å²) in [5.74, 6) is -0.345. The maximum atomic E-state index is 12.9. The molecule has 5 heteroatoms. The summed E-state index contributed by atoms with van der Waals surface area (Å²) in [6.07, 6.45) is 0. The summed E-state index contributed by atoms with van der Waals surface area (Å²) in [5, 5.41) is 12.7. The van der Waals surface area contributed by atoms with Crippen LogP contribution >= 0.6 is 0 Å². The molecule has 0 saturated heterocycles. The van der Waals surface area contributed by atoms with Gasteiger partial charge in [0.05, 0.1) is 11.3 Å². The lowest BCUT2D eigenvalue weighted by Gasteiger charge is -2.32. The molecule has 0 heterocycles. The second-order valence-electron chi connectivity index (χ2n) is 5.31. The van der Waals surface area contributed by atoms with Crippen LogP contribution < -0.4 is 5.01 Å². The number of anilines is 1. The molecule has 0 radical (unpaired) electrons. The van der Waals surface area contributed by atoms with E-state index in [4.69, 9.17) is 0 Å². The summed E-state index contributed by atoms with van der Waals surface area (Å²) in [5.41, 5.74) is 2.12. The Hall–Kier alpha value is -2.50. The fourth-order valence-corrected chi connectivity index (χ4v) is 2.97. The van der Waals surface area contributed by atoms with Gasteiger partial charge in [-0.15, -0.1) is 5.17 Å². The van der Waals surface area contributed by atoms with Gasteiger partial charge in [0.25, 0.3) is 0 Å². The summed E-state index contributed by atoms with van der Waals surface area (Å²) in [4.78, 5) is 25.6. The Morgan fingerprint density at radius 3 is 2.04 bits per heavy atom. The highest BCUT2D eigenvalue weighted by atomic mass is 16.5. The lowest BCUT2D eigenvalue weighted by atomic mass is 9.83. The molecule has 0 saturated carbocycles. The smallest absolute Gasteiger partial charge is 0.196 e. The van der Waals surface area contributed by atoms with Gasteiger partial charge in [0.1, 0.15) is 0 Å². The molecule has 1 aliphatic rings. The van der Waals surface area contributed by atoms with Crippen LogP contribution in [0.25, 0.3) is 0 Å². The molecule has 0 atom stereocenters. The Kier molecular flexibility index (Phi) is 3.98. The summed E-state index contributed by atoms with van der Waals surface area (Å²) in [7, 11) is 0. The van der Waals surface area contributed by atoms with Gasteiger partial charge in [-0.3, -0.25) is 19.8 Å². The van der Waals surface area contributed by atoms with Crippen LogP contribution in [-0.4, -0.2) is 35.0 Å². The van der Waals surface area contributed by atoms with Crippen LogP contribution in [0.2, 0.25) is 0 Å². The number of ketones is 2. The molecule has 0 unspecified atom stereocenters. The number of fused-ring (bicyclic) bond motifs is 2. The molecule has 0 amide bonds. The predicted octanol–water partition coefficient (Wildman–Crippen LogP) is 2.91. The van der Waals surface area contributed by atoms with Crippen LogP contribution in [0, 0.1) is 0 Å². The molecule has 0 spiro atoms. The number of carbonyl (C=O) groups is 2. The van der Waals surface area contributed by atoms with Crippen LogP contribution in [0.5, 0.6) is 0 Å². The zero-order chi connectivity index (χ0) is 16.6. The fraction of sp³-hybridized carbons (Fsp3) is 0.222. The van der Waals surface area contributed by atoms with Crippen LogP contribution in [-0.2, 0) is 0 Å². The van der Waals surface area contributed by atoms with E-state index in [1.165, 1.54) is 0 Å². The summed E-state index contributed by atoms with van der Waals surface area (Å²) in [6.45, 7) is 4.53. The molecule has 23 heavy (non-hydrogen) atoms. The van der Waals surface area contributed by atoms with Gasteiger partial charge in [0.15, 0.2) is 11.6 Å². The maximum absolute atomic E-state index is 12.9. The van der Waals surface area contributed by atoms with E-state index in [9.17, 15) is 14.8 Å². The predicted molar refractivity (Wildman–Crippen MR) is 86.9 cm³/mol. The van der Waals surface area contributed by atoms with Crippen molar-refractivity contribution in [3.8, 4) is 0 Å². The van der Waals surface area contributed by atoms with Crippen molar-refractivity contribution in [1.29, 1.82) is 0 Å². The van der Waals surface area contributed by atoms with E-state index < -0.39 is 0 Å². The molecular formula is C18H18N2O3. The number of benzene rings is 2. The van der Waals surface area contributed by atoms with Crippen molar-refractivity contribution in [1.82, 2.24) is 5.17 Å². The molecule has 0 aromatic heterocycles. The molecule has 0 bridgehead atoms. The number of rotatable bonds is 4. The first kappa shape index (κ1) is 15.4. The second-order valence-corrected chi connectivity index (χ2v) is 5.31. The average molecular weight is 310 g/mol. The van der Waals surface area contributed by atoms with Crippen molar-refractivity contribution in [2.24, 2.45) is 0 Å². The molecule has 1 N–H and O–H groups in total. The molecule has 2 aromatic carbocycles. The highest BCUT2D eigenvalue weighted by Gasteiger charge is 2.33. The highest BCUT2D eigenvalue weighted by Crippen LogP contribution is 2.33. The number of nitrogens with zero attached hydrogens (tertiary/aromatic N) is 2. The number of hydroxylamine groups is 1. The maximum Gasteiger partial charge on any atom is 0.196 e. The van der Waals surface area contributed by atoms with Gasteiger partial charge in [0, 0.05) is 29.8 Å². The van der Waals surface area contributed by atoms with Crippen LogP contribution in [0.3, 0.4) is 0 Å². The number of hydrogen-bond donors (Lipinski definition) is 1. The second kappa shape index (κ2) is 5.95. The molecule has 2 aromatic rings. The van der Waals surface area contributed by atoms with Gasteiger partial charge in [-0.05, 0) is 19.9 Å². The average Bonchev–Trinajstić information content (AvgIpc) is 2.60. The lowest BCUT2D eigenvalue weighted by Crippen LogP contribution is -2.41. The van der Waals surface area contributed by atoms with Gasteiger partial charge in [-0.1, -0.05) is 36.4 Å². The van der Waals surface area contributed by atoms with E-state index in [2.05, 4.69) is 0 Å². The van der Waals surface area contributed by atoms with Gasteiger partial charge in [-0.2, -0.15) is 0 Å². The van der Waals surface area contributed by atoms with Crippen molar-refractivity contribution in [3.05, 3.63) is 64.7 Å². The Balaban J connectivity index is 2.22. The summed E-state index contributed by atoms with van der Waals surface area (Å²) >= 11 is 0. The first-order valence-electron chi connectivity index (χ1n) is 7.65. The van der Waals surface area contributed by atoms with Gasteiger partial charge in [-0.25, -0.2) is 0 Å². The molecule has 0 aliphatic heterocycles. The summed E-state index contributed by atoms with van der Waals surface area (Å²) < 4.78 is 0. The minimum absolute atomic E-state index is 0.158.